The number of rotatable bonds is 6. The first-order chi connectivity index (χ1) is 14.8. The lowest BCUT2D eigenvalue weighted by molar-refractivity contribution is -0.145. The first kappa shape index (κ1) is 23.1. The van der Waals surface area contributed by atoms with Crippen molar-refractivity contribution in [2.45, 2.75) is 51.7 Å². The van der Waals surface area contributed by atoms with Crippen molar-refractivity contribution in [3.05, 3.63) is 0 Å². The van der Waals surface area contributed by atoms with Crippen molar-refractivity contribution in [3.8, 4) is 0 Å². The first-order valence-electron chi connectivity index (χ1n) is 10.7. The summed E-state index contributed by atoms with van der Waals surface area (Å²) in [4.78, 5) is 50.3. The number of likely N-dealkylation sites (tertiary alicyclic amines) is 1. The number of amides is 3. The van der Waals surface area contributed by atoms with Crippen LogP contribution >= 0.6 is 0 Å². The van der Waals surface area contributed by atoms with E-state index in [0.717, 1.165) is 4.90 Å². The van der Waals surface area contributed by atoms with Crippen LogP contribution in [0.25, 0.3) is 0 Å². The van der Waals surface area contributed by atoms with Gasteiger partial charge in [-0.1, -0.05) is 0 Å². The van der Waals surface area contributed by atoms with Crippen LogP contribution in [0.15, 0.2) is 5.10 Å². The third-order valence-electron chi connectivity index (χ3n) is 6.28. The van der Waals surface area contributed by atoms with E-state index in [-0.39, 0.29) is 44.4 Å². The normalized spacial score (nSPS) is 33.7. The molecule has 3 N–H and O–H groups in total. The van der Waals surface area contributed by atoms with E-state index in [4.69, 9.17) is 9.47 Å². The minimum atomic E-state index is -1.21. The summed E-state index contributed by atoms with van der Waals surface area (Å²) in [6, 6.07) is 0. The average Bonchev–Trinajstić information content (AvgIpc) is 2.98. The fraction of sp³-hybridized carbons (Fsp3) is 0.750. The number of hydrogen-bond acceptors (Lipinski definition) is 9. The van der Waals surface area contributed by atoms with E-state index in [1.165, 1.54) is 0 Å². The Balaban J connectivity index is 1.79. The number of esters is 1. The van der Waals surface area contributed by atoms with E-state index >= 15 is 0 Å². The summed E-state index contributed by atoms with van der Waals surface area (Å²) in [5.41, 5.74) is 2.73. The molecule has 2 aliphatic carbocycles. The van der Waals surface area contributed by atoms with Crippen LogP contribution in [-0.4, -0.2) is 76.7 Å². The number of ether oxygens (including phenoxy) is 2. The van der Waals surface area contributed by atoms with Crippen molar-refractivity contribution in [3.63, 3.8) is 0 Å². The van der Waals surface area contributed by atoms with Crippen LogP contribution in [0.3, 0.4) is 0 Å². The maximum atomic E-state index is 13.1. The molecule has 0 aromatic heterocycles. The van der Waals surface area contributed by atoms with Crippen LogP contribution in [0.1, 0.15) is 39.5 Å². The molecule has 1 saturated heterocycles. The van der Waals surface area contributed by atoms with Gasteiger partial charge in [-0.2, -0.15) is 5.10 Å². The Hall–Kier alpha value is -2.53. The standard InChI is InChI=1S/C20H29N3O8/c1-3-30-14(25)7-8-23-18(27)11-6-5-10-12(21-22-20(29)31-4-2)9-13(24)17(26)15(10)16(11)19(23)28/h10-11,13,15-17,24,26H,3-9H2,1-2H3,(H,22,29)/b21-12-/t10-,11-,13+,15-,16+,17+/m0/s1. The number of hydrazone groups is 1. The molecule has 0 aromatic rings. The van der Waals surface area contributed by atoms with E-state index < -0.39 is 47.9 Å². The van der Waals surface area contributed by atoms with Crippen molar-refractivity contribution in [1.82, 2.24) is 10.3 Å². The van der Waals surface area contributed by atoms with E-state index in [1.54, 1.807) is 13.8 Å². The van der Waals surface area contributed by atoms with E-state index in [0.29, 0.717) is 18.6 Å². The van der Waals surface area contributed by atoms with Gasteiger partial charge in [0.2, 0.25) is 11.8 Å². The van der Waals surface area contributed by atoms with E-state index in [2.05, 4.69) is 10.5 Å². The molecule has 0 bridgehead atoms. The molecule has 6 atom stereocenters. The molecule has 3 rings (SSSR count). The van der Waals surface area contributed by atoms with Gasteiger partial charge >= 0.3 is 12.1 Å². The van der Waals surface area contributed by atoms with Gasteiger partial charge in [0.15, 0.2) is 0 Å². The highest BCUT2D eigenvalue weighted by Crippen LogP contribution is 2.49. The van der Waals surface area contributed by atoms with E-state index in [1.807, 2.05) is 0 Å². The summed E-state index contributed by atoms with van der Waals surface area (Å²) in [5.74, 6) is -3.84. The van der Waals surface area contributed by atoms with Crippen LogP contribution in [0.2, 0.25) is 0 Å². The molecule has 3 aliphatic rings. The summed E-state index contributed by atoms with van der Waals surface area (Å²) in [6.07, 6.45) is -2.29. The molecule has 11 heteroatoms. The zero-order valence-electron chi connectivity index (χ0n) is 17.7. The predicted molar refractivity (Wildman–Crippen MR) is 105 cm³/mol. The first-order valence-corrected chi connectivity index (χ1v) is 10.7. The number of aliphatic hydroxyl groups excluding tert-OH is 2. The molecule has 172 valence electrons. The highest BCUT2D eigenvalue weighted by molar-refractivity contribution is 6.06. The molecule has 1 heterocycles. The highest BCUT2D eigenvalue weighted by atomic mass is 16.6. The van der Waals surface area contributed by atoms with Crippen molar-refractivity contribution >= 4 is 29.6 Å². The number of hydrogen-bond donors (Lipinski definition) is 3. The van der Waals surface area contributed by atoms with Crippen LogP contribution in [0, 0.1) is 23.7 Å². The van der Waals surface area contributed by atoms with Crippen LogP contribution in [0.4, 0.5) is 4.79 Å². The smallest absolute Gasteiger partial charge is 0.427 e. The van der Waals surface area contributed by atoms with Gasteiger partial charge in [0.25, 0.3) is 0 Å². The third-order valence-corrected chi connectivity index (χ3v) is 6.28. The van der Waals surface area contributed by atoms with Gasteiger partial charge in [0, 0.05) is 30.5 Å². The Morgan fingerprint density at radius 3 is 2.45 bits per heavy atom. The summed E-state index contributed by atoms with van der Waals surface area (Å²) < 4.78 is 9.65. The van der Waals surface area contributed by atoms with Gasteiger partial charge in [-0.3, -0.25) is 19.3 Å². The Kier molecular flexibility index (Phi) is 7.26. The van der Waals surface area contributed by atoms with Crippen LogP contribution < -0.4 is 5.43 Å². The van der Waals surface area contributed by atoms with Crippen molar-refractivity contribution in [1.29, 1.82) is 0 Å². The van der Waals surface area contributed by atoms with Gasteiger partial charge < -0.3 is 19.7 Å². The number of nitrogens with zero attached hydrogens (tertiary/aromatic N) is 2. The average molecular weight is 439 g/mol. The van der Waals surface area contributed by atoms with Gasteiger partial charge in [-0.25, -0.2) is 10.2 Å². The minimum Gasteiger partial charge on any atom is -0.466 e. The van der Waals surface area contributed by atoms with Crippen LogP contribution in [-0.2, 0) is 23.9 Å². The monoisotopic (exact) mass is 439 g/mol. The van der Waals surface area contributed by atoms with Gasteiger partial charge in [0.1, 0.15) is 0 Å². The zero-order chi connectivity index (χ0) is 22.7. The lowest BCUT2D eigenvalue weighted by Crippen LogP contribution is -2.55. The minimum absolute atomic E-state index is 0.0425. The highest BCUT2D eigenvalue weighted by Gasteiger charge is 2.59. The molecule has 3 fully saturated rings. The Bertz CT molecular complexity index is 770. The SMILES string of the molecule is CCOC(=O)CCN1C(=O)[C@H]2[C@H]3[C@H](O)[C@H](O)C/C(=N/NC(=O)OCC)[C@@H]3CC[C@@H]2C1=O. The number of carbonyl (C=O) groups excluding carboxylic acids is 4. The van der Waals surface area contributed by atoms with Gasteiger partial charge in [-0.15, -0.1) is 0 Å². The summed E-state index contributed by atoms with van der Waals surface area (Å²) in [6.45, 7) is 3.63. The maximum absolute atomic E-state index is 13.1. The molecule has 1 aliphatic heterocycles. The molecular weight excluding hydrogens is 410 g/mol. The summed E-state index contributed by atoms with van der Waals surface area (Å²) >= 11 is 0. The molecule has 2 saturated carbocycles. The number of nitrogens with one attached hydrogen (secondary N) is 1. The van der Waals surface area contributed by atoms with Gasteiger partial charge in [-0.05, 0) is 26.7 Å². The Labute approximate surface area is 179 Å². The van der Waals surface area contributed by atoms with Crippen LogP contribution in [0.5, 0.6) is 0 Å². The molecule has 0 radical (unpaired) electrons. The second kappa shape index (κ2) is 9.73. The maximum Gasteiger partial charge on any atom is 0.427 e. The molecule has 31 heavy (non-hydrogen) atoms. The second-order valence-electron chi connectivity index (χ2n) is 7.97. The van der Waals surface area contributed by atoms with E-state index in [9.17, 15) is 29.4 Å². The predicted octanol–water partition coefficient (Wildman–Crippen LogP) is -0.205. The number of carbonyl (C=O) groups is 4. The number of fused-ring (bicyclic) bond motifs is 3. The second-order valence-corrected chi connectivity index (χ2v) is 7.97. The van der Waals surface area contributed by atoms with Crippen molar-refractivity contribution in [2.75, 3.05) is 19.8 Å². The number of imide groups is 1. The quantitative estimate of drug-likeness (QED) is 0.292. The summed E-state index contributed by atoms with van der Waals surface area (Å²) in [7, 11) is 0. The lowest BCUT2D eigenvalue weighted by Gasteiger charge is -2.45. The molecule has 0 spiro atoms. The third kappa shape index (κ3) is 4.57. The Morgan fingerprint density at radius 1 is 1.10 bits per heavy atom. The number of aliphatic hydroxyl groups is 2. The fourth-order valence-electron chi connectivity index (χ4n) is 5.00. The molecular formula is C20H29N3O8. The van der Waals surface area contributed by atoms with Gasteiger partial charge in [0.05, 0.1) is 43.7 Å². The fourth-order valence-corrected chi connectivity index (χ4v) is 5.00. The van der Waals surface area contributed by atoms with Crippen molar-refractivity contribution < 1.29 is 38.9 Å². The molecule has 11 nitrogen and oxygen atoms in total. The largest absolute Gasteiger partial charge is 0.466 e. The lowest BCUT2D eigenvalue weighted by atomic mass is 9.60. The molecule has 0 unspecified atom stereocenters. The zero-order valence-corrected chi connectivity index (χ0v) is 17.7. The van der Waals surface area contributed by atoms with Crippen molar-refractivity contribution in [2.24, 2.45) is 28.8 Å². The topological polar surface area (TPSA) is 155 Å². The molecule has 3 amide bonds. The molecule has 0 aromatic carbocycles. The summed E-state index contributed by atoms with van der Waals surface area (Å²) in [5, 5.41) is 25.2. The Morgan fingerprint density at radius 2 is 1.77 bits per heavy atom.